The first-order valence-corrected chi connectivity index (χ1v) is 8.30. The second-order valence-corrected chi connectivity index (χ2v) is 7.18. The molecule has 120 valence electrons. The van der Waals surface area contributed by atoms with E-state index in [4.69, 9.17) is 0 Å². The summed E-state index contributed by atoms with van der Waals surface area (Å²) in [6.07, 6.45) is 0.815. The van der Waals surface area contributed by atoms with Crippen molar-refractivity contribution in [2.24, 2.45) is 7.05 Å². The number of amides is 1. The van der Waals surface area contributed by atoms with Gasteiger partial charge >= 0.3 is 5.69 Å². The quantitative estimate of drug-likeness (QED) is 0.772. The number of H-pyrrole nitrogens is 1. The molecule has 0 saturated heterocycles. The number of aromatic amines is 1. The number of thiophene rings is 1. The Morgan fingerprint density at radius 3 is 2.83 bits per heavy atom. The molecule has 23 heavy (non-hydrogen) atoms. The highest BCUT2D eigenvalue weighted by molar-refractivity contribution is 7.11. The zero-order valence-electron chi connectivity index (χ0n) is 13.3. The fraction of sp³-hybridized carbons (Fsp3) is 0.294. The van der Waals surface area contributed by atoms with Crippen molar-refractivity contribution < 1.29 is 4.79 Å². The molecule has 1 unspecified atom stereocenters. The van der Waals surface area contributed by atoms with Gasteiger partial charge in [-0.3, -0.25) is 9.36 Å². The van der Waals surface area contributed by atoms with Crippen LogP contribution in [0.3, 0.4) is 0 Å². The molecule has 6 heteroatoms. The molecule has 0 radical (unpaired) electrons. The number of nitrogens with one attached hydrogen (secondary N) is 2. The first-order chi connectivity index (χ1) is 10.9. The number of aromatic nitrogens is 2. The lowest BCUT2D eigenvalue weighted by Gasteiger charge is -2.13. The number of carbonyl (C=O) groups excluding carboxylic acids is 1. The van der Waals surface area contributed by atoms with Gasteiger partial charge in [0.05, 0.1) is 11.0 Å². The normalized spacial score (nSPS) is 12.5. The number of fused-ring (bicyclic) bond motifs is 1. The van der Waals surface area contributed by atoms with Gasteiger partial charge in [-0.15, -0.1) is 11.3 Å². The summed E-state index contributed by atoms with van der Waals surface area (Å²) in [6.45, 7) is 4.07. The average Bonchev–Trinajstić information content (AvgIpc) is 3.03. The number of benzene rings is 1. The molecule has 0 spiro atoms. The molecular formula is C17H19N3O2S. The molecule has 1 aromatic carbocycles. The summed E-state index contributed by atoms with van der Waals surface area (Å²) < 4.78 is 1.50. The molecule has 0 saturated carbocycles. The molecule has 2 heterocycles. The largest absolute Gasteiger partial charge is 0.349 e. The van der Waals surface area contributed by atoms with Crippen molar-refractivity contribution in [2.45, 2.75) is 26.3 Å². The first-order valence-electron chi connectivity index (χ1n) is 7.49. The lowest BCUT2D eigenvalue weighted by Crippen LogP contribution is -2.33. The summed E-state index contributed by atoms with van der Waals surface area (Å²) in [5, 5.41) is 3.02. The zero-order valence-corrected chi connectivity index (χ0v) is 14.2. The maximum atomic E-state index is 12.4. The summed E-state index contributed by atoms with van der Waals surface area (Å²) in [7, 11) is 1.69. The smallest absolute Gasteiger partial charge is 0.326 e. The van der Waals surface area contributed by atoms with E-state index in [0.29, 0.717) is 5.56 Å². The van der Waals surface area contributed by atoms with E-state index in [-0.39, 0.29) is 17.6 Å². The minimum absolute atomic E-state index is 0.0475. The molecular weight excluding hydrogens is 310 g/mol. The van der Waals surface area contributed by atoms with Crippen molar-refractivity contribution in [2.75, 3.05) is 0 Å². The van der Waals surface area contributed by atoms with Crippen molar-refractivity contribution >= 4 is 28.3 Å². The lowest BCUT2D eigenvalue weighted by atomic mass is 10.1. The SMILES string of the molecule is Cc1ccc(CC(C)NC(=O)c2ccc3[nH]c(=O)n(C)c3c2)s1. The Kier molecular flexibility index (Phi) is 4.09. The number of hydrogen-bond donors (Lipinski definition) is 2. The van der Waals surface area contributed by atoms with Gasteiger partial charge < -0.3 is 10.3 Å². The number of hydrogen-bond acceptors (Lipinski definition) is 3. The Morgan fingerprint density at radius 2 is 2.13 bits per heavy atom. The van der Waals surface area contributed by atoms with Crippen molar-refractivity contribution in [3.63, 3.8) is 0 Å². The second-order valence-electron chi connectivity index (χ2n) is 5.81. The van der Waals surface area contributed by atoms with Crippen LogP contribution >= 0.6 is 11.3 Å². The second kappa shape index (κ2) is 6.04. The van der Waals surface area contributed by atoms with Crippen molar-refractivity contribution in [1.82, 2.24) is 14.9 Å². The van der Waals surface area contributed by atoms with E-state index in [2.05, 4.69) is 29.4 Å². The zero-order chi connectivity index (χ0) is 16.6. The number of carbonyl (C=O) groups is 1. The molecule has 0 fully saturated rings. The van der Waals surface area contributed by atoms with Gasteiger partial charge in [0.15, 0.2) is 0 Å². The van der Waals surface area contributed by atoms with Gasteiger partial charge in [0.2, 0.25) is 0 Å². The molecule has 1 amide bonds. The third-order valence-electron chi connectivity index (χ3n) is 3.85. The molecule has 3 rings (SSSR count). The molecule has 3 aromatic rings. The fourth-order valence-electron chi connectivity index (χ4n) is 2.62. The van der Waals surface area contributed by atoms with Crippen molar-refractivity contribution in [1.29, 1.82) is 0 Å². The van der Waals surface area contributed by atoms with E-state index >= 15 is 0 Å². The highest BCUT2D eigenvalue weighted by Crippen LogP contribution is 2.17. The molecule has 5 nitrogen and oxygen atoms in total. The summed E-state index contributed by atoms with van der Waals surface area (Å²) >= 11 is 1.75. The van der Waals surface area contributed by atoms with Crippen LogP contribution in [0.4, 0.5) is 0 Å². The third kappa shape index (κ3) is 3.22. The maximum Gasteiger partial charge on any atom is 0.326 e. The van der Waals surface area contributed by atoms with E-state index in [1.807, 2.05) is 6.92 Å². The van der Waals surface area contributed by atoms with Crippen LogP contribution in [0.2, 0.25) is 0 Å². The van der Waals surface area contributed by atoms with Gasteiger partial charge in [-0.2, -0.15) is 0 Å². The van der Waals surface area contributed by atoms with Crippen LogP contribution in [0.25, 0.3) is 11.0 Å². The van der Waals surface area contributed by atoms with E-state index in [1.165, 1.54) is 14.3 Å². The fourth-order valence-corrected chi connectivity index (χ4v) is 3.64. The predicted molar refractivity (Wildman–Crippen MR) is 93.2 cm³/mol. The molecule has 0 bridgehead atoms. The summed E-state index contributed by atoms with van der Waals surface area (Å²) in [4.78, 5) is 29.3. The Labute approximate surface area is 138 Å². The molecule has 2 aromatic heterocycles. The van der Waals surface area contributed by atoms with Crippen molar-refractivity contribution in [3.05, 3.63) is 56.1 Å². The van der Waals surface area contributed by atoms with Crippen LogP contribution < -0.4 is 11.0 Å². The van der Waals surface area contributed by atoms with E-state index in [1.54, 1.807) is 36.6 Å². The topological polar surface area (TPSA) is 66.9 Å². The Morgan fingerprint density at radius 1 is 1.35 bits per heavy atom. The van der Waals surface area contributed by atoms with Crippen LogP contribution in [0, 0.1) is 6.92 Å². The summed E-state index contributed by atoms with van der Waals surface area (Å²) in [5.41, 5.74) is 1.83. The number of aryl methyl sites for hydroxylation is 2. The first kappa shape index (κ1) is 15.6. The maximum absolute atomic E-state index is 12.4. The van der Waals surface area contributed by atoms with Crippen LogP contribution in [0.1, 0.15) is 27.0 Å². The molecule has 0 aliphatic carbocycles. The van der Waals surface area contributed by atoms with Gasteiger partial charge in [-0.05, 0) is 44.2 Å². The molecule has 2 N–H and O–H groups in total. The average molecular weight is 329 g/mol. The Bertz CT molecular complexity index is 919. The monoisotopic (exact) mass is 329 g/mol. The van der Waals surface area contributed by atoms with Crippen LogP contribution in [-0.4, -0.2) is 21.5 Å². The van der Waals surface area contributed by atoms with Gasteiger partial charge in [-0.1, -0.05) is 0 Å². The standard InChI is InChI=1S/C17H19N3O2S/c1-10(8-13-6-4-11(2)23-13)18-16(21)12-5-7-14-15(9-12)20(3)17(22)19-14/h4-7,9-10H,8H2,1-3H3,(H,18,21)(H,19,22). The number of imidazole rings is 1. The Hall–Kier alpha value is -2.34. The van der Waals surface area contributed by atoms with Crippen molar-refractivity contribution in [3.8, 4) is 0 Å². The van der Waals surface area contributed by atoms with Gasteiger partial charge in [0.1, 0.15) is 0 Å². The van der Waals surface area contributed by atoms with E-state index < -0.39 is 0 Å². The number of rotatable bonds is 4. The Balaban J connectivity index is 1.74. The van der Waals surface area contributed by atoms with E-state index in [0.717, 1.165) is 17.5 Å². The molecule has 0 aliphatic rings. The van der Waals surface area contributed by atoms with Gasteiger partial charge in [-0.25, -0.2) is 4.79 Å². The third-order valence-corrected chi connectivity index (χ3v) is 4.87. The minimum atomic E-state index is -0.181. The molecule has 1 atom stereocenters. The van der Waals surface area contributed by atoms with Gasteiger partial charge in [0.25, 0.3) is 5.91 Å². The lowest BCUT2D eigenvalue weighted by molar-refractivity contribution is 0.0940. The summed E-state index contributed by atoms with van der Waals surface area (Å²) in [6, 6.07) is 9.48. The highest BCUT2D eigenvalue weighted by atomic mass is 32.1. The van der Waals surface area contributed by atoms with E-state index in [9.17, 15) is 9.59 Å². The molecule has 0 aliphatic heterocycles. The van der Waals surface area contributed by atoms with Crippen LogP contribution in [0.15, 0.2) is 35.1 Å². The number of nitrogens with zero attached hydrogens (tertiary/aromatic N) is 1. The van der Waals surface area contributed by atoms with Crippen LogP contribution in [0.5, 0.6) is 0 Å². The minimum Gasteiger partial charge on any atom is -0.349 e. The summed E-state index contributed by atoms with van der Waals surface area (Å²) in [5.74, 6) is -0.124. The predicted octanol–water partition coefficient (Wildman–Crippen LogP) is 2.60. The van der Waals surface area contributed by atoms with Crippen LogP contribution in [-0.2, 0) is 13.5 Å². The van der Waals surface area contributed by atoms with Gasteiger partial charge in [0, 0.05) is 34.8 Å². The highest BCUT2D eigenvalue weighted by Gasteiger charge is 2.13.